The molecule has 1 aliphatic carbocycles. The van der Waals surface area contributed by atoms with Crippen molar-refractivity contribution < 1.29 is 13.7 Å². The Kier molecular flexibility index (Phi) is 5.39. The van der Waals surface area contributed by atoms with E-state index in [9.17, 15) is 9.00 Å². The molecule has 0 radical (unpaired) electrons. The fraction of sp³-hybridized carbons (Fsp3) is 0.500. The molecule has 2 heterocycles. The summed E-state index contributed by atoms with van der Waals surface area (Å²) in [7, 11) is -0.812. The zero-order valence-electron chi connectivity index (χ0n) is 16.2. The molecule has 2 aliphatic rings. The Balaban J connectivity index is 1.38. The van der Waals surface area contributed by atoms with Crippen LogP contribution in [0.4, 0.5) is 16.3 Å². The van der Waals surface area contributed by atoms with E-state index in [0.717, 1.165) is 47.6 Å². The summed E-state index contributed by atoms with van der Waals surface area (Å²) in [5.41, 5.74) is 4.29. The molecule has 3 N–H and O–H groups in total. The van der Waals surface area contributed by atoms with E-state index in [2.05, 4.69) is 20.8 Å². The molecule has 1 fully saturated rings. The second kappa shape index (κ2) is 7.95. The normalized spacial score (nSPS) is 23.6. The highest BCUT2D eigenvalue weighted by Crippen LogP contribution is 2.37. The van der Waals surface area contributed by atoms with Crippen molar-refractivity contribution in [3.05, 3.63) is 41.1 Å². The Hall–Kier alpha value is -2.35. The van der Waals surface area contributed by atoms with Crippen molar-refractivity contribution in [3.8, 4) is 0 Å². The smallest absolute Gasteiger partial charge is 0.407 e. The zero-order chi connectivity index (χ0) is 19.7. The van der Waals surface area contributed by atoms with Crippen LogP contribution >= 0.6 is 0 Å². The van der Waals surface area contributed by atoms with Gasteiger partial charge in [0, 0.05) is 46.0 Å². The number of fused-ring (bicyclic) bond motifs is 1. The highest BCUT2D eigenvalue weighted by atomic mass is 32.2. The summed E-state index contributed by atoms with van der Waals surface area (Å²) in [6, 6.07) is 8.12. The first-order valence-corrected chi connectivity index (χ1v) is 11.2. The fourth-order valence-corrected chi connectivity index (χ4v) is 5.32. The summed E-state index contributed by atoms with van der Waals surface area (Å²) >= 11 is 0. The fourth-order valence-electron chi connectivity index (χ4n) is 3.94. The molecule has 1 aliphatic heterocycles. The number of aromatic amines is 1. The molecule has 3 atom stereocenters. The minimum Gasteiger partial charge on any atom is -0.446 e. The first-order chi connectivity index (χ1) is 13.5. The number of H-pyrrole nitrogens is 1. The molecule has 4 rings (SSSR count). The predicted octanol–water partition coefficient (Wildman–Crippen LogP) is 3.69. The SMILES string of the molecule is CC(C)NC(=O)OC1CCC(c2cc(Nc3cccc4c3CS(=O)C4)n[nH]2)C1. The topological polar surface area (TPSA) is 96.1 Å². The van der Waals surface area contributed by atoms with Gasteiger partial charge in [-0.05, 0) is 50.3 Å². The van der Waals surface area contributed by atoms with Crippen molar-refractivity contribution in [1.82, 2.24) is 15.5 Å². The number of carbonyl (C=O) groups is 1. The second-order valence-electron chi connectivity index (χ2n) is 7.84. The number of nitrogens with one attached hydrogen (secondary N) is 3. The average molecular weight is 403 g/mol. The molecule has 0 bridgehead atoms. The van der Waals surface area contributed by atoms with Crippen molar-refractivity contribution >= 4 is 28.4 Å². The van der Waals surface area contributed by atoms with E-state index in [1.54, 1.807) is 0 Å². The van der Waals surface area contributed by atoms with Crippen LogP contribution in [0.1, 0.15) is 55.8 Å². The van der Waals surface area contributed by atoms with Crippen molar-refractivity contribution in [2.45, 2.75) is 62.7 Å². The lowest BCUT2D eigenvalue weighted by Crippen LogP contribution is -2.33. The number of benzene rings is 1. The lowest BCUT2D eigenvalue weighted by molar-refractivity contribution is 0.0981. The third-order valence-corrected chi connectivity index (χ3v) is 6.50. The van der Waals surface area contributed by atoms with Crippen molar-refractivity contribution in [1.29, 1.82) is 0 Å². The maximum atomic E-state index is 11.9. The van der Waals surface area contributed by atoms with E-state index in [1.807, 2.05) is 38.1 Å². The van der Waals surface area contributed by atoms with Gasteiger partial charge in [-0.2, -0.15) is 5.10 Å². The molecule has 0 saturated heterocycles. The maximum Gasteiger partial charge on any atom is 0.407 e. The highest BCUT2D eigenvalue weighted by molar-refractivity contribution is 7.83. The molecule has 1 aromatic heterocycles. The van der Waals surface area contributed by atoms with Gasteiger partial charge in [0.05, 0.1) is 5.75 Å². The molecular formula is C20H26N4O3S. The average Bonchev–Trinajstić information content (AvgIpc) is 3.33. The summed E-state index contributed by atoms with van der Waals surface area (Å²) < 4.78 is 17.4. The maximum absolute atomic E-state index is 11.9. The minimum absolute atomic E-state index is 0.0594. The van der Waals surface area contributed by atoms with Crippen LogP contribution in [0.5, 0.6) is 0 Å². The molecule has 1 aromatic carbocycles. The number of hydrogen-bond acceptors (Lipinski definition) is 5. The summed E-state index contributed by atoms with van der Waals surface area (Å²) in [6.07, 6.45) is 2.21. The first kappa shape index (κ1) is 19.0. The van der Waals surface area contributed by atoms with E-state index in [4.69, 9.17) is 4.74 Å². The Morgan fingerprint density at radius 2 is 2.18 bits per heavy atom. The lowest BCUT2D eigenvalue weighted by atomic mass is 10.0. The Labute approximate surface area is 167 Å². The molecule has 150 valence electrons. The number of alkyl carbamates (subject to hydrolysis) is 1. The molecule has 28 heavy (non-hydrogen) atoms. The molecular weight excluding hydrogens is 376 g/mol. The lowest BCUT2D eigenvalue weighted by Gasteiger charge is -2.14. The Morgan fingerprint density at radius 1 is 1.32 bits per heavy atom. The van der Waals surface area contributed by atoms with Gasteiger partial charge in [-0.15, -0.1) is 0 Å². The van der Waals surface area contributed by atoms with E-state index >= 15 is 0 Å². The zero-order valence-corrected chi connectivity index (χ0v) is 17.0. The van der Waals surface area contributed by atoms with Crippen LogP contribution < -0.4 is 10.6 Å². The number of amides is 1. The Morgan fingerprint density at radius 3 is 3.00 bits per heavy atom. The van der Waals surface area contributed by atoms with E-state index in [-0.39, 0.29) is 18.2 Å². The van der Waals surface area contributed by atoms with Crippen LogP contribution in [-0.4, -0.2) is 32.6 Å². The van der Waals surface area contributed by atoms with E-state index in [0.29, 0.717) is 17.4 Å². The van der Waals surface area contributed by atoms with Gasteiger partial charge in [0.2, 0.25) is 0 Å². The quantitative estimate of drug-likeness (QED) is 0.709. The van der Waals surface area contributed by atoms with Gasteiger partial charge in [0.15, 0.2) is 5.82 Å². The summed E-state index contributed by atoms with van der Waals surface area (Å²) in [5, 5.41) is 13.6. The van der Waals surface area contributed by atoms with Crippen LogP contribution in [-0.2, 0) is 27.0 Å². The van der Waals surface area contributed by atoms with Crippen LogP contribution in [0.2, 0.25) is 0 Å². The summed E-state index contributed by atoms with van der Waals surface area (Å²) in [6.45, 7) is 3.83. The number of nitrogens with zero attached hydrogens (tertiary/aromatic N) is 1. The summed E-state index contributed by atoms with van der Waals surface area (Å²) in [5.74, 6) is 2.28. The van der Waals surface area contributed by atoms with Gasteiger partial charge < -0.3 is 15.4 Å². The van der Waals surface area contributed by atoms with E-state index < -0.39 is 10.8 Å². The number of hydrogen-bond donors (Lipinski definition) is 3. The molecule has 1 amide bonds. The van der Waals surface area contributed by atoms with Gasteiger partial charge in [-0.25, -0.2) is 4.79 Å². The van der Waals surface area contributed by atoms with Crippen molar-refractivity contribution in [2.75, 3.05) is 5.32 Å². The van der Waals surface area contributed by atoms with Gasteiger partial charge in [0.1, 0.15) is 6.10 Å². The largest absolute Gasteiger partial charge is 0.446 e. The monoisotopic (exact) mass is 402 g/mol. The first-order valence-electron chi connectivity index (χ1n) is 9.73. The molecule has 3 unspecified atom stereocenters. The van der Waals surface area contributed by atoms with Gasteiger partial charge in [-0.3, -0.25) is 9.31 Å². The number of anilines is 2. The third kappa shape index (κ3) is 4.22. The van der Waals surface area contributed by atoms with Crippen LogP contribution in [0.25, 0.3) is 0 Å². The van der Waals surface area contributed by atoms with Gasteiger partial charge in [0.25, 0.3) is 0 Å². The van der Waals surface area contributed by atoms with Crippen LogP contribution in [0.3, 0.4) is 0 Å². The van der Waals surface area contributed by atoms with Crippen molar-refractivity contribution in [3.63, 3.8) is 0 Å². The van der Waals surface area contributed by atoms with Gasteiger partial charge in [-0.1, -0.05) is 12.1 Å². The van der Waals surface area contributed by atoms with Gasteiger partial charge >= 0.3 is 6.09 Å². The molecule has 1 saturated carbocycles. The Bertz CT molecular complexity index is 895. The minimum atomic E-state index is -0.812. The highest BCUT2D eigenvalue weighted by Gasteiger charge is 2.30. The predicted molar refractivity (Wildman–Crippen MR) is 109 cm³/mol. The third-order valence-electron chi connectivity index (χ3n) is 5.26. The molecule has 7 nitrogen and oxygen atoms in total. The van der Waals surface area contributed by atoms with Crippen LogP contribution in [0, 0.1) is 0 Å². The summed E-state index contributed by atoms with van der Waals surface area (Å²) in [4.78, 5) is 11.8. The molecule has 0 spiro atoms. The number of rotatable bonds is 5. The standard InChI is InChI=1S/C20H26N4O3S/c1-12(2)21-20(25)27-15-7-6-13(8-15)18-9-19(24-23-18)22-17-5-3-4-14-10-28(26)11-16(14)17/h3-5,9,12-13,15H,6-8,10-11H2,1-2H3,(H,21,25)(H2,22,23,24). The second-order valence-corrected chi connectivity index (χ2v) is 9.30. The van der Waals surface area contributed by atoms with E-state index in [1.165, 1.54) is 0 Å². The van der Waals surface area contributed by atoms with Crippen LogP contribution in [0.15, 0.2) is 24.3 Å². The number of ether oxygens (including phenoxy) is 1. The number of carbonyl (C=O) groups excluding carboxylic acids is 1. The van der Waals surface area contributed by atoms with Crippen molar-refractivity contribution in [2.24, 2.45) is 0 Å². The molecule has 2 aromatic rings. The number of aromatic nitrogens is 2. The molecule has 8 heteroatoms.